The van der Waals surface area contributed by atoms with E-state index in [0.717, 1.165) is 48.7 Å². The van der Waals surface area contributed by atoms with Gasteiger partial charge in [0.1, 0.15) is 0 Å². The maximum atomic E-state index is 12.9. The summed E-state index contributed by atoms with van der Waals surface area (Å²) in [7, 11) is 0. The molecule has 0 spiro atoms. The molecule has 0 aliphatic carbocycles. The predicted molar refractivity (Wildman–Crippen MR) is 135 cm³/mol. The quantitative estimate of drug-likeness (QED) is 0.306. The van der Waals surface area contributed by atoms with Crippen LogP contribution in [-0.4, -0.2) is 62.3 Å². The topological polar surface area (TPSA) is 84.7 Å². The predicted octanol–water partition coefficient (Wildman–Crippen LogP) is 6.54. The number of ether oxygens (including phenoxy) is 1. The van der Waals surface area contributed by atoms with E-state index in [9.17, 15) is 14.7 Å². The summed E-state index contributed by atoms with van der Waals surface area (Å²) < 4.78 is 11.7. The number of amides is 1. The molecule has 1 N–H and O–H groups in total. The summed E-state index contributed by atoms with van der Waals surface area (Å²) in [6.07, 6.45) is 8.90. The number of imidazole rings is 1. The van der Waals surface area contributed by atoms with Crippen LogP contribution >= 0.6 is 0 Å². The van der Waals surface area contributed by atoms with E-state index in [0.29, 0.717) is 18.8 Å². The first-order valence-corrected chi connectivity index (χ1v) is 20.4. The Morgan fingerprint density at radius 3 is 2.09 bits per heavy atom. The van der Waals surface area contributed by atoms with Crippen molar-refractivity contribution in [3.63, 3.8) is 0 Å². The number of carbonyl (C=O) groups excluding carboxylic acids is 1. The zero-order valence-electron chi connectivity index (χ0n) is 21.7. The average molecular weight is 570 g/mol. The Morgan fingerprint density at radius 2 is 1.64 bits per heavy atom. The number of carboxylic acid groups (broad SMARTS) is 1. The fourth-order valence-electron chi connectivity index (χ4n) is 5.06. The molecule has 7 nitrogen and oxygen atoms in total. The van der Waals surface area contributed by atoms with Crippen molar-refractivity contribution in [1.29, 1.82) is 0 Å². The van der Waals surface area contributed by atoms with Crippen LogP contribution in [0.2, 0.25) is 13.3 Å². The molecule has 1 fully saturated rings. The van der Waals surface area contributed by atoms with Crippen LogP contribution in [0.4, 0.5) is 9.59 Å². The Hall–Kier alpha value is -1.25. The second-order valence-electron chi connectivity index (χ2n) is 10.5. The molecular formula is C25H45N3O4Sn. The van der Waals surface area contributed by atoms with E-state index in [1.807, 2.05) is 27.0 Å². The van der Waals surface area contributed by atoms with E-state index < -0.39 is 30.1 Å². The van der Waals surface area contributed by atoms with Crippen molar-refractivity contribution < 1.29 is 19.4 Å². The number of aromatic nitrogens is 2. The summed E-state index contributed by atoms with van der Waals surface area (Å²) in [6.45, 7) is 12.8. The monoisotopic (exact) mass is 571 g/mol. The van der Waals surface area contributed by atoms with Crippen molar-refractivity contribution in [1.82, 2.24) is 14.5 Å². The third kappa shape index (κ3) is 7.12. The molecule has 1 atom stereocenters. The molecule has 1 aliphatic rings. The van der Waals surface area contributed by atoms with E-state index in [1.165, 1.54) is 17.9 Å². The van der Waals surface area contributed by atoms with Gasteiger partial charge in [0.05, 0.1) is 0 Å². The van der Waals surface area contributed by atoms with Gasteiger partial charge in [-0.15, -0.1) is 0 Å². The Labute approximate surface area is 204 Å². The van der Waals surface area contributed by atoms with Gasteiger partial charge in [-0.1, -0.05) is 0 Å². The molecule has 1 aliphatic heterocycles. The standard InChI is InChI=1S/C13H18N3O4.3C4H9.Sn/c1-13(2,3)20-12(19)15-7-4-5-9(15)10-14-6-8-16(10)11(17)18;3*1-3-4-2;/h6,9H,4-5,7H2,1-3H3,(H,17,18);3*1,3-4H2,2H3;/t9-;;;;/m0..../s1. The van der Waals surface area contributed by atoms with Crippen LogP contribution < -0.4 is 3.71 Å². The Bertz CT molecular complexity index is 765. The van der Waals surface area contributed by atoms with Gasteiger partial charge in [-0.25, -0.2) is 0 Å². The summed E-state index contributed by atoms with van der Waals surface area (Å²) >= 11 is -3.03. The van der Waals surface area contributed by atoms with Crippen LogP contribution in [0, 0.1) is 0 Å². The molecule has 0 aromatic carbocycles. The molecule has 0 unspecified atom stereocenters. The van der Waals surface area contributed by atoms with Crippen molar-refractivity contribution in [2.45, 2.75) is 118 Å². The van der Waals surface area contributed by atoms with Crippen molar-refractivity contribution in [2.75, 3.05) is 6.54 Å². The summed E-state index contributed by atoms with van der Waals surface area (Å²) in [4.78, 5) is 31.9. The van der Waals surface area contributed by atoms with Crippen LogP contribution in [0.5, 0.6) is 0 Å². The molecule has 2 rings (SSSR count). The first-order chi connectivity index (χ1) is 15.6. The van der Waals surface area contributed by atoms with E-state index in [4.69, 9.17) is 9.72 Å². The number of unbranched alkanes of at least 4 members (excludes halogenated alkanes) is 3. The zero-order valence-corrected chi connectivity index (χ0v) is 24.5. The van der Waals surface area contributed by atoms with Gasteiger partial charge in [-0.2, -0.15) is 0 Å². The second kappa shape index (κ2) is 12.5. The van der Waals surface area contributed by atoms with Gasteiger partial charge in [-0.3, -0.25) is 0 Å². The fraction of sp³-hybridized carbons (Fsp3) is 0.800. The van der Waals surface area contributed by atoms with Crippen molar-refractivity contribution in [2.24, 2.45) is 0 Å². The first-order valence-electron chi connectivity index (χ1n) is 12.9. The summed E-state index contributed by atoms with van der Waals surface area (Å²) in [5, 5.41) is 10.4. The molecule has 8 heteroatoms. The van der Waals surface area contributed by atoms with Crippen molar-refractivity contribution >= 4 is 34.3 Å². The van der Waals surface area contributed by atoms with Gasteiger partial charge < -0.3 is 0 Å². The van der Waals surface area contributed by atoms with Gasteiger partial charge >= 0.3 is 205 Å². The number of hydrogen-bond donors (Lipinski definition) is 1. The SMILES string of the molecule is CCC[CH2][Sn]([CH2]CCC)([CH2]CCC)[c]1cnc([C@@H]2CCCN2C(=O)OC(C)(C)C)n1C(=O)O. The number of likely N-dealkylation sites (tertiary alicyclic amines) is 1. The fourth-order valence-corrected chi connectivity index (χ4v) is 21.1. The second-order valence-corrected chi connectivity index (χ2v) is 23.6. The number of carbonyl (C=O) groups is 2. The molecule has 2 heterocycles. The van der Waals surface area contributed by atoms with Gasteiger partial charge in [-0.05, 0) is 0 Å². The molecule has 1 saturated heterocycles. The minimum atomic E-state index is -3.03. The van der Waals surface area contributed by atoms with Crippen molar-refractivity contribution in [3.05, 3.63) is 12.0 Å². The molecule has 0 saturated carbocycles. The molecule has 33 heavy (non-hydrogen) atoms. The molecule has 0 radical (unpaired) electrons. The summed E-state index contributed by atoms with van der Waals surface area (Å²) in [5.74, 6) is 0.506. The molecule has 1 aromatic rings. The molecule has 0 bridgehead atoms. The maximum absolute atomic E-state index is 12.9. The van der Waals surface area contributed by atoms with E-state index >= 15 is 0 Å². The zero-order chi connectivity index (χ0) is 24.6. The summed E-state index contributed by atoms with van der Waals surface area (Å²) in [6, 6.07) is -0.350. The van der Waals surface area contributed by atoms with E-state index in [1.54, 1.807) is 4.90 Å². The molecule has 1 aromatic heterocycles. The normalized spacial score (nSPS) is 16.9. The Balaban J connectivity index is 2.53. The van der Waals surface area contributed by atoms with Crippen molar-refractivity contribution in [3.8, 4) is 0 Å². The Morgan fingerprint density at radius 1 is 1.09 bits per heavy atom. The van der Waals surface area contributed by atoms with Gasteiger partial charge in [0.25, 0.3) is 0 Å². The van der Waals surface area contributed by atoms with E-state index in [2.05, 4.69) is 20.8 Å². The summed E-state index contributed by atoms with van der Waals surface area (Å²) in [5.41, 5.74) is -0.594. The number of nitrogens with zero attached hydrogens (tertiary/aromatic N) is 3. The third-order valence-electron chi connectivity index (χ3n) is 6.73. The van der Waals surface area contributed by atoms with Crippen LogP contribution in [0.25, 0.3) is 0 Å². The molecule has 188 valence electrons. The molecular weight excluding hydrogens is 525 g/mol. The average Bonchev–Trinajstić information content (AvgIpc) is 3.39. The Kier molecular flexibility index (Phi) is 10.6. The number of rotatable bonds is 11. The third-order valence-corrected chi connectivity index (χ3v) is 22.1. The van der Waals surface area contributed by atoms with E-state index in [-0.39, 0.29) is 12.1 Å². The van der Waals surface area contributed by atoms with Gasteiger partial charge in [0.2, 0.25) is 0 Å². The molecule has 1 amide bonds. The van der Waals surface area contributed by atoms with Crippen LogP contribution in [0.3, 0.4) is 0 Å². The number of hydrogen-bond acceptors (Lipinski definition) is 4. The van der Waals surface area contributed by atoms with Gasteiger partial charge in [0, 0.05) is 0 Å². The van der Waals surface area contributed by atoms with Crippen LogP contribution in [0.1, 0.15) is 105 Å². The van der Waals surface area contributed by atoms with Crippen LogP contribution in [0.15, 0.2) is 6.20 Å². The van der Waals surface area contributed by atoms with Gasteiger partial charge in [0.15, 0.2) is 0 Å². The van der Waals surface area contributed by atoms with Crippen LogP contribution in [-0.2, 0) is 4.74 Å². The first kappa shape index (κ1) is 28.0. The minimum absolute atomic E-state index is 0.350.